The van der Waals surface area contributed by atoms with Crippen LogP contribution in [0.25, 0.3) is 0 Å². The summed E-state index contributed by atoms with van der Waals surface area (Å²) >= 11 is 5.74. The van der Waals surface area contributed by atoms with Gasteiger partial charge in [0.25, 0.3) is 5.91 Å². The first-order valence-corrected chi connectivity index (χ1v) is 7.57. The second-order valence-corrected chi connectivity index (χ2v) is 5.57. The summed E-state index contributed by atoms with van der Waals surface area (Å²) in [5.74, 6) is 0.00373. The Bertz CT molecular complexity index is 368. The fraction of sp³-hybridized carbons (Fsp3) is 0.417. The number of amides is 1. The van der Waals surface area contributed by atoms with Gasteiger partial charge in [0.2, 0.25) is 0 Å². The average Bonchev–Trinajstić information content (AvgIpc) is 2.27. The number of benzene rings is 1. The van der Waals surface area contributed by atoms with Crippen LogP contribution in [-0.4, -0.2) is 16.9 Å². The van der Waals surface area contributed by atoms with Crippen LogP contribution in [0.1, 0.15) is 28.8 Å². The van der Waals surface area contributed by atoms with Crippen LogP contribution in [0.15, 0.2) is 22.7 Å². The summed E-state index contributed by atoms with van der Waals surface area (Å²) in [5, 5.41) is 2.93. The van der Waals surface area contributed by atoms with Gasteiger partial charge in [0.15, 0.2) is 0 Å². The Labute approximate surface area is 118 Å². The van der Waals surface area contributed by atoms with Crippen molar-refractivity contribution in [2.75, 3.05) is 11.0 Å². The minimum Gasteiger partial charge on any atom is -0.352 e. The molecule has 0 aliphatic heterocycles. The van der Waals surface area contributed by atoms with Gasteiger partial charge in [0.1, 0.15) is 0 Å². The van der Waals surface area contributed by atoms with E-state index >= 15 is 0 Å². The normalized spacial score (nSPS) is 10.2. The largest absolute Gasteiger partial charge is 0.352 e. The molecule has 1 aromatic carbocycles. The van der Waals surface area contributed by atoms with Gasteiger partial charge in [0, 0.05) is 11.0 Å². The van der Waals surface area contributed by atoms with Crippen LogP contribution >= 0.6 is 38.5 Å². The van der Waals surface area contributed by atoms with E-state index in [0.29, 0.717) is 0 Å². The maximum atomic E-state index is 11.8. The lowest BCUT2D eigenvalue weighted by Crippen LogP contribution is -2.24. The molecule has 1 amide bonds. The molecule has 1 aromatic rings. The molecule has 0 unspecified atom stereocenters. The number of unbranched alkanes of at least 4 members (excludes halogenated alkanes) is 1. The molecule has 0 aliphatic rings. The van der Waals surface area contributed by atoms with E-state index in [1.807, 2.05) is 25.1 Å². The van der Waals surface area contributed by atoms with Gasteiger partial charge in [0.05, 0.1) is 5.56 Å². The Kier molecular flexibility index (Phi) is 6.34. The molecule has 4 heteroatoms. The molecule has 0 saturated heterocycles. The molecule has 0 fully saturated rings. The molecule has 88 valence electrons. The van der Waals surface area contributed by atoms with Crippen molar-refractivity contribution in [1.29, 1.82) is 0 Å². The average molecular weight is 396 g/mol. The minimum atomic E-state index is 0.00373. The summed E-state index contributed by atoms with van der Waals surface area (Å²) in [6.07, 6.45) is 2.19. The third-order valence-electron chi connectivity index (χ3n) is 2.21. The number of hydrogen-bond donors (Lipinski definition) is 1. The van der Waals surface area contributed by atoms with Crippen molar-refractivity contribution in [2.45, 2.75) is 19.8 Å². The van der Waals surface area contributed by atoms with Gasteiger partial charge < -0.3 is 5.32 Å². The molecule has 16 heavy (non-hydrogen) atoms. The molecule has 0 radical (unpaired) electrons. The predicted molar refractivity (Wildman–Crippen MR) is 79.3 cm³/mol. The first kappa shape index (κ1) is 14.0. The van der Waals surface area contributed by atoms with Gasteiger partial charge in [-0.25, -0.2) is 0 Å². The van der Waals surface area contributed by atoms with Gasteiger partial charge in [-0.15, -0.1) is 0 Å². The summed E-state index contributed by atoms with van der Waals surface area (Å²) in [4.78, 5) is 11.8. The first-order chi connectivity index (χ1) is 7.65. The molecule has 1 rings (SSSR count). The highest BCUT2D eigenvalue weighted by Crippen LogP contribution is 2.17. The van der Waals surface area contributed by atoms with E-state index in [4.69, 9.17) is 0 Å². The summed E-state index contributed by atoms with van der Waals surface area (Å²) in [7, 11) is 0. The number of rotatable bonds is 5. The highest BCUT2D eigenvalue weighted by Gasteiger charge is 2.08. The van der Waals surface area contributed by atoms with Gasteiger partial charge in [-0.2, -0.15) is 0 Å². The van der Waals surface area contributed by atoms with E-state index in [0.717, 1.165) is 39.4 Å². The lowest BCUT2D eigenvalue weighted by atomic mass is 10.1. The summed E-state index contributed by atoms with van der Waals surface area (Å²) < 4.78 is 1.99. The Morgan fingerprint density at radius 1 is 1.44 bits per heavy atom. The summed E-state index contributed by atoms with van der Waals surface area (Å²) in [6, 6.07) is 5.80. The monoisotopic (exact) mass is 395 g/mol. The smallest absolute Gasteiger partial charge is 0.252 e. The number of aryl methyl sites for hydroxylation is 1. The maximum Gasteiger partial charge on any atom is 0.252 e. The van der Waals surface area contributed by atoms with Crippen LogP contribution in [0.3, 0.4) is 0 Å². The number of alkyl halides is 1. The standard InChI is InChI=1S/C12H15BrINO/c1-9-4-5-11(13)10(8-9)12(16)15-7-3-2-6-14/h4-5,8H,2-3,6-7H2,1H3,(H,15,16). The molecular formula is C12H15BrINO. The lowest BCUT2D eigenvalue weighted by molar-refractivity contribution is 0.0952. The Balaban J connectivity index is 2.55. The molecule has 2 nitrogen and oxygen atoms in total. The minimum absolute atomic E-state index is 0.00373. The van der Waals surface area contributed by atoms with Crippen LogP contribution in [0.5, 0.6) is 0 Å². The molecule has 1 N–H and O–H groups in total. The van der Waals surface area contributed by atoms with Gasteiger partial charge in [-0.1, -0.05) is 34.2 Å². The van der Waals surface area contributed by atoms with Crippen LogP contribution in [0.2, 0.25) is 0 Å². The molecular weight excluding hydrogens is 381 g/mol. The number of halogens is 2. The van der Waals surface area contributed by atoms with Crippen LogP contribution < -0.4 is 5.32 Å². The number of nitrogens with one attached hydrogen (secondary N) is 1. The highest BCUT2D eigenvalue weighted by atomic mass is 127. The van der Waals surface area contributed by atoms with E-state index in [9.17, 15) is 4.79 Å². The zero-order chi connectivity index (χ0) is 12.0. The first-order valence-electron chi connectivity index (χ1n) is 5.25. The van der Waals surface area contributed by atoms with E-state index in [-0.39, 0.29) is 5.91 Å². The molecule has 0 heterocycles. The quantitative estimate of drug-likeness (QED) is 0.459. The van der Waals surface area contributed by atoms with E-state index in [1.54, 1.807) is 0 Å². The van der Waals surface area contributed by atoms with Crippen LogP contribution in [-0.2, 0) is 0 Å². The molecule has 0 atom stereocenters. The van der Waals surface area contributed by atoms with Crippen molar-refractivity contribution in [1.82, 2.24) is 5.32 Å². The molecule has 0 aromatic heterocycles. The second-order valence-electron chi connectivity index (χ2n) is 3.64. The Morgan fingerprint density at radius 2 is 2.19 bits per heavy atom. The summed E-state index contributed by atoms with van der Waals surface area (Å²) in [6.45, 7) is 2.74. The zero-order valence-electron chi connectivity index (χ0n) is 9.22. The molecule has 0 spiro atoms. The van der Waals surface area contributed by atoms with Crippen molar-refractivity contribution < 1.29 is 4.79 Å². The topological polar surface area (TPSA) is 29.1 Å². The SMILES string of the molecule is Cc1ccc(Br)c(C(=O)NCCCCI)c1. The zero-order valence-corrected chi connectivity index (χ0v) is 13.0. The van der Waals surface area contributed by atoms with Gasteiger partial charge in [-0.3, -0.25) is 4.79 Å². The predicted octanol–water partition coefficient (Wildman–Crippen LogP) is 3.70. The van der Waals surface area contributed by atoms with E-state index in [2.05, 4.69) is 43.8 Å². The lowest BCUT2D eigenvalue weighted by Gasteiger charge is -2.07. The fourth-order valence-corrected chi connectivity index (χ4v) is 2.30. The van der Waals surface area contributed by atoms with Crippen molar-refractivity contribution in [3.8, 4) is 0 Å². The van der Waals surface area contributed by atoms with Crippen LogP contribution in [0, 0.1) is 6.92 Å². The summed E-state index contributed by atoms with van der Waals surface area (Å²) in [5.41, 5.74) is 1.81. The van der Waals surface area contributed by atoms with Gasteiger partial charge in [-0.05, 0) is 52.3 Å². The van der Waals surface area contributed by atoms with E-state index in [1.165, 1.54) is 0 Å². The van der Waals surface area contributed by atoms with Gasteiger partial charge >= 0.3 is 0 Å². The highest BCUT2D eigenvalue weighted by molar-refractivity contribution is 14.1. The van der Waals surface area contributed by atoms with Crippen LogP contribution in [0.4, 0.5) is 0 Å². The third-order valence-corrected chi connectivity index (χ3v) is 3.67. The second kappa shape index (κ2) is 7.27. The molecule has 0 aliphatic carbocycles. The van der Waals surface area contributed by atoms with E-state index < -0.39 is 0 Å². The molecule has 0 bridgehead atoms. The Morgan fingerprint density at radius 3 is 2.88 bits per heavy atom. The van der Waals surface area contributed by atoms with Crippen molar-refractivity contribution >= 4 is 44.4 Å². The number of carbonyl (C=O) groups excluding carboxylic acids is 1. The maximum absolute atomic E-state index is 11.8. The van der Waals surface area contributed by atoms with Crippen molar-refractivity contribution in [3.63, 3.8) is 0 Å². The Hall–Kier alpha value is -0.100. The fourth-order valence-electron chi connectivity index (χ4n) is 1.33. The van der Waals surface area contributed by atoms with Crippen molar-refractivity contribution in [2.24, 2.45) is 0 Å². The third kappa shape index (κ3) is 4.41. The number of carbonyl (C=O) groups is 1. The number of hydrogen-bond acceptors (Lipinski definition) is 1. The molecule has 0 saturated carbocycles. The van der Waals surface area contributed by atoms with Crippen molar-refractivity contribution in [3.05, 3.63) is 33.8 Å².